The van der Waals surface area contributed by atoms with Crippen LogP contribution in [-0.2, 0) is 0 Å². The third-order valence-corrected chi connectivity index (χ3v) is 9.41. The lowest BCUT2D eigenvalue weighted by Crippen LogP contribution is -2.46. The first-order chi connectivity index (χ1) is 17.1. The van der Waals surface area contributed by atoms with Gasteiger partial charge in [-0.25, -0.2) is 0 Å². The Hall–Kier alpha value is -3.14. The van der Waals surface area contributed by atoms with Crippen LogP contribution in [0.15, 0.2) is 53.5 Å². The van der Waals surface area contributed by atoms with Gasteiger partial charge in [-0.15, -0.1) is 28.6 Å². The number of rotatable bonds is 5. The molecule has 3 N–H and O–H groups in total. The van der Waals surface area contributed by atoms with Crippen LogP contribution in [-0.4, -0.2) is 25.3 Å². The van der Waals surface area contributed by atoms with Crippen LogP contribution >= 0.6 is 22.7 Å². The summed E-state index contributed by atoms with van der Waals surface area (Å²) in [5.74, 6) is 7.66. The average molecular weight is 500 g/mol. The number of ketones is 1. The Morgan fingerprint density at radius 2 is 1.74 bits per heavy atom. The fourth-order valence-corrected chi connectivity index (χ4v) is 7.38. The van der Waals surface area contributed by atoms with E-state index in [0.29, 0.717) is 11.9 Å². The van der Waals surface area contributed by atoms with E-state index in [2.05, 4.69) is 76.8 Å². The predicted octanol–water partition coefficient (Wildman–Crippen LogP) is 4.10. The molecule has 2 aromatic heterocycles. The molecular weight excluding hydrogens is 470 g/mol. The van der Waals surface area contributed by atoms with Crippen molar-refractivity contribution in [2.45, 2.75) is 19.8 Å². The molecular formula is C29H29N3OS2. The first-order valence-corrected chi connectivity index (χ1v) is 13.6. The smallest absolute Gasteiger partial charge is 0.188 e. The molecule has 0 spiro atoms. The van der Waals surface area contributed by atoms with Crippen LogP contribution in [0.2, 0.25) is 0 Å². The van der Waals surface area contributed by atoms with E-state index in [9.17, 15) is 4.79 Å². The van der Waals surface area contributed by atoms with E-state index >= 15 is 0 Å². The number of Topliss-reactive ketones (excluding diaryl/α,β-unsaturated/α-hetero) is 1. The molecule has 2 aliphatic carbocycles. The van der Waals surface area contributed by atoms with Gasteiger partial charge < -0.3 is 11.1 Å². The number of nitrogens with zero attached hydrogens (tertiary/aromatic N) is 1. The van der Waals surface area contributed by atoms with Crippen molar-refractivity contribution in [3.63, 3.8) is 0 Å². The zero-order chi connectivity index (χ0) is 24.4. The predicted molar refractivity (Wildman–Crippen MR) is 148 cm³/mol. The van der Waals surface area contributed by atoms with Gasteiger partial charge in [0.05, 0.1) is 9.75 Å². The first-order valence-electron chi connectivity index (χ1n) is 12.0. The summed E-state index contributed by atoms with van der Waals surface area (Å²) < 4.78 is 0. The Morgan fingerprint density at radius 3 is 2.49 bits per heavy atom. The highest BCUT2D eigenvalue weighted by Crippen LogP contribution is 2.44. The fourth-order valence-electron chi connectivity index (χ4n) is 5.37. The molecule has 0 unspecified atom stereocenters. The third kappa shape index (κ3) is 4.84. The number of fused-ring (bicyclic) bond motifs is 2. The molecule has 4 nitrogen and oxygen atoms in total. The minimum absolute atomic E-state index is 0.0191. The Labute approximate surface area is 214 Å². The van der Waals surface area contributed by atoms with Crippen molar-refractivity contribution in [2.75, 3.05) is 13.6 Å². The molecule has 1 aromatic carbocycles. The lowest BCUT2D eigenvalue weighted by molar-refractivity contribution is 0.0799. The Bertz CT molecular complexity index is 1450. The van der Waals surface area contributed by atoms with E-state index in [0.717, 1.165) is 34.0 Å². The number of hydrogen-bond donors (Lipinski definition) is 2. The number of aliphatic imine (C=N–C) groups is 1. The van der Waals surface area contributed by atoms with Crippen molar-refractivity contribution < 1.29 is 4.79 Å². The molecule has 6 heteroatoms. The molecule has 0 radical (unpaired) electrons. The van der Waals surface area contributed by atoms with Crippen LogP contribution in [0.4, 0.5) is 0 Å². The maximum Gasteiger partial charge on any atom is 0.188 e. The van der Waals surface area contributed by atoms with E-state index in [4.69, 9.17) is 5.73 Å². The molecule has 3 aromatic rings. The summed E-state index contributed by atoms with van der Waals surface area (Å²) in [5.41, 5.74) is 5.92. The molecule has 0 aliphatic heterocycles. The number of nitrogens with two attached hydrogens (primary N) is 1. The Kier molecular flexibility index (Phi) is 6.90. The fraction of sp³-hybridized carbons (Fsp3) is 0.310. The highest BCUT2D eigenvalue weighted by atomic mass is 32.1. The van der Waals surface area contributed by atoms with Crippen molar-refractivity contribution >= 4 is 46.6 Å². The molecule has 1 saturated carbocycles. The van der Waals surface area contributed by atoms with E-state index in [1.54, 1.807) is 29.7 Å². The number of thiophene rings is 2. The van der Waals surface area contributed by atoms with Gasteiger partial charge in [-0.1, -0.05) is 42.3 Å². The second-order valence-corrected chi connectivity index (χ2v) is 11.3. The minimum atomic E-state index is -0.0191. The third-order valence-electron chi connectivity index (χ3n) is 7.11. The quantitative estimate of drug-likeness (QED) is 0.240. The first kappa shape index (κ1) is 23.6. The SMILES string of the molecule is CC#Cc1ccc(-c2ccc(C(=O)[C@H]3CC[C@@H](CNC(N)=NC)[C@H]4C=c5ccccc5=C[C@H]43)s2)s1. The maximum absolute atomic E-state index is 13.8. The highest BCUT2D eigenvalue weighted by Gasteiger charge is 2.41. The summed E-state index contributed by atoms with van der Waals surface area (Å²) in [4.78, 5) is 22.1. The Balaban J connectivity index is 1.43. The van der Waals surface area contributed by atoms with Crippen LogP contribution in [0, 0.1) is 35.5 Å². The number of carbonyl (C=O) groups excluding carboxylic acids is 1. The van der Waals surface area contributed by atoms with Crippen molar-refractivity contribution in [1.29, 1.82) is 0 Å². The highest BCUT2D eigenvalue weighted by molar-refractivity contribution is 7.23. The number of carbonyl (C=O) groups is 1. The van der Waals surface area contributed by atoms with Crippen LogP contribution < -0.4 is 21.5 Å². The zero-order valence-corrected chi connectivity index (χ0v) is 21.6. The summed E-state index contributed by atoms with van der Waals surface area (Å²) in [6.07, 6.45) is 6.59. The summed E-state index contributed by atoms with van der Waals surface area (Å²) in [6.45, 7) is 2.62. The second kappa shape index (κ2) is 10.2. The number of hydrogen-bond acceptors (Lipinski definition) is 4. The number of guanidine groups is 1. The zero-order valence-electron chi connectivity index (χ0n) is 20.0. The second-order valence-electron chi connectivity index (χ2n) is 9.12. The van der Waals surface area contributed by atoms with Gasteiger partial charge in [0.25, 0.3) is 0 Å². The minimum Gasteiger partial charge on any atom is -0.370 e. The van der Waals surface area contributed by atoms with Crippen LogP contribution in [0.3, 0.4) is 0 Å². The van der Waals surface area contributed by atoms with Gasteiger partial charge in [0.15, 0.2) is 11.7 Å². The van der Waals surface area contributed by atoms with Gasteiger partial charge >= 0.3 is 0 Å². The molecule has 0 amide bonds. The van der Waals surface area contributed by atoms with Crippen molar-refractivity contribution in [3.8, 4) is 21.6 Å². The van der Waals surface area contributed by atoms with Gasteiger partial charge in [-0.3, -0.25) is 9.79 Å². The molecule has 0 saturated heterocycles. The Morgan fingerprint density at radius 1 is 1.03 bits per heavy atom. The maximum atomic E-state index is 13.8. The van der Waals surface area contributed by atoms with Gasteiger partial charge in [0, 0.05) is 29.3 Å². The molecule has 178 valence electrons. The van der Waals surface area contributed by atoms with E-state index < -0.39 is 0 Å². The lowest BCUT2D eigenvalue weighted by Gasteiger charge is -2.41. The van der Waals surface area contributed by atoms with E-state index in [-0.39, 0.29) is 23.5 Å². The molecule has 0 bridgehead atoms. The van der Waals surface area contributed by atoms with Crippen molar-refractivity contribution in [2.24, 2.45) is 34.4 Å². The molecule has 35 heavy (non-hydrogen) atoms. The van der Waals surface area contributed by atoms with E-state index in [1.807, 2.05) is 13.0 Å². The molecule has 4 atom stereocenters. The summed E-state index contributed by atoms with van der Waals surface area (Å²) in [7, 11) is 1.70. The summed E-state index contributed by atoms with van der Waals surface area (Å²) in [6, 6.07) is 16.7. The van der Waals surface area contributed by atoms with Crippen LogP contribution in [0.1, 0.15) is 34.3 Å². The average Bonchev–Trinajstić information content (AvgIpc) is 3.56. The van der Waals surface area contributed by atoms with Crippen LogP contribution in [0.5, 0.6) is 0 Å². The van der Waals surface area contributed by atoms with E-state index in [1.165, 1.54) is 15.3 Å². The van der Waals surface area contributed by atoms with Gasteiger partial charge in [0.1, 0.15) is 0 Å². The summed E-state index contributed by atoms with van der Waals surface area (Å²) >= 11 is 3.29. The van der Waals surface area contributed by atoms with Crippen LogP contribution in [0.25, 0.3) is 21.9 Å². The number of nitrogens with one attached hydrogen (secondary N) is 1. The molecule has 5 rings (SSSR count). The largest absolute Gasteiger partial charge is 0.370 e. The molecule has 2 heterocycles. The topological polar surface area (TPSA) is 67.5 Å². The van der Waals surface area contributed by atoms with Gasteiger partial charge in [-0.2, -0.15) is 0 Å². The standard InChI is InChI=1S/C29H29N3OS2/c1-3-6-21-10-12-25(34-21)26-13-14-27(35-26)28(33)22-11-9-20(17-32-29(30)31-2)23-15-18-7-4-5-8-19(18)16-24(22)23/h4-5,7-8,10,12-16,20,22-24H,9,11,17H2,1-2H3,(H3,30,31,32)/t20-,22-,23+,24-/m0/s1. The normalized spacial score (nSPS) is 23.1. The van der Waals surface area contributed by atoms with Crippen molar-refractivity contribution in [3.05, 3.63) is 68.7 Å². The lowest BCUT2D eigenvalue weighted by atomic mass is 9.63. The monoisotopic (exact) mass is 499 g/mol. The van der Waals surface area contributed by atoms with Gasteiger partial charge in [-0.05, 0) is 72.2 Å². The van der Waals surface area contributed by atoms with Gasteiger partial charge in [0.2, 0.25) is 0 Å². The molecule has 1 fully saturated rings. The molecule has 2 aliphatic rings. The number of benzene rings is 1. The van der Waals surface area contributed by atoms with Crippen molar-refractivity contribution in [1.82, 2.24) is 5.32 Å². The summed E-state index contributed by atoms with van der Waals surface area (Å²) in [5, 5.41) is 5.75.